The van der Waals surface area contributed by atoms with Crippen LogP contribution in [0.15, 0.2) is 36.5 Å². The number of nitrogens with zero attached hydrogens (tertiary/aromatic N) is 3. The number of rotatable bonds is 7. The van der Waals surface area contributed by atoms with Gasteiger partial charge in [-0.05, 0) is 18.6 Å². The lowest BCUT2D eigenvalue weighted by molar-refractivity contribution is 0.0793. The van der Waals surface area contributed by atoms with Gasteiger partial charge in [-0.2, -0.15) is 0 Å². The van der Waals surface area contributed by atoms with Gasteiger partial charge in [-0.3, -0.25) is 0 Å². The number of hydrogen-bond acceptors (Lipinski definition) is 4. The minimum atomic E-state index is -0.618. The fourth-order valence-corrected chi connectivity index (χ4v) is 1.83. The summed E-state index contributed by atoms with van der Waals surface area (Å²) in [7, 11) is 0. The predicted octanol–water partition coefficient (Wildman–Crippen LogP) is 2.12. The van der Waals surface area contributed by atoms with Crippen LogP contribution in [0.4, 0.5) is 0 Å². The molecule has 19 heavy (non-hydrogen) atoms. The summed E-state index contributed by atoms with van der Waals surface area (Å²) in [6, 6.07) is 9.65. The van der Waals surface area contributed by atoms with Crippen LogP contribution >= 0.6 is 0 Å². The lowest BCUT2D eigenvalue weighted by atomic mass is 10.2. The molecule has 5 heteroatoms. The molecule has 0 aliphatic carbocycles. The van der Waals surface area contributed by atoms with Gasteiger partial charge in [-0.25, -0.2) is 4.68 Å². The summed E-state index contributed by atoms with van der Waals surface area (Å²) in [5, 5.41) is 18.1. The summed E-state index contributed by atoms with van der Waals surface area (Å²) in [4.78, 5) is 0. The number of aromatic nitrogens is 3. The normalized spacial score (nSPS) is 12.5. The fourth-order valence-electron chi connectivity index (χ4n) is 1.83. The Kier molecular flexibility index (Phi) is 5.06. The van der Waals surface area contributed by atoms with Crippen molar-refractivity contribution in [3.05, 3.63) is 42.2 Å². The molecule has 1 atom stereocenters. The summed E-state index contributed by atoms with van der Waals surface area (Å²) in [6.07, 6.45) is 2.50. The van der Waals surface area contributed by atoms with Crippen LogP contribution in [0.3, 0.4) is 0 Å². The second-order valence-corrected chi connectivity index (χ2v) is 4.32. The Balaban J connectivity index is 2.03. The molecule has 2 rings (SSSR count). The van der Waals surface area contributed by atoms with Crippen LogP contribution in [0.1, 0.15) is 31.6 Å². The van der Waals surface area contributed by atoms with Gasteiger partial charge in [0.1, 0.15) is 0 Å². The first-order valence-electron chi connectivity index (χ1n) is 6.54. The van der Waals surface area contributed by atoms with Crippen molar-refractivity contribution in [2.45, 2.75) is 25.9 Å². The molecular formula is C14H19N3O2. The topological polar surface area (TPSA) is 60.2 Å². The van der Waals surface area contributed by atoms with Gasteiger partial charge in [-0.15, -0.1) is 5.10 Å². The molecular weight excluding hydrogens is 242 g/mol. The van der Waals surface area contributed by atoms with Gasteiger partial charge >= 0.3 is 0 Å². The third-order valence-electron chi connectivity index (χ3n) is 2.80. The van der Waals surface area contributed by atoms with Gasteiger partial charge in [0.25, 0.3) is 0 Å². The van der Waals surface area contributed by atoms with Crippen LogP contribution in [0, 0.1) is 0 Å². The molecule has 0 saturated heterocycles. The Bertz CT molecular complexity index is 484. The van der Waals surface area contributed by atoms with Crippen molar-refractivity contribution in [2.75, 3.05) is 13.2 Å². The SMILES string of the molecule is CCCOCCC(O)c1cnnn1-c1ccccc1. The molecule has 1 aromatic carbocycles. The zero-order valence-electron chi connectivity index (χ0n) is 11.1. The van der Waals surface area contributed by atoms with Crippen molar-refractivity contribution < 1.29 is 9.84 Å². The first-order valence-corrected chi connectivity index (χ1v) is 6.54. The maximum absolute atomic E-state index is 10.2. The predicted molar refractivity (Wildman–Crippen MR) is 72.0 cm³/mol. The highest BCUT2D eigenvalue weighted by atomic mass is 16.5. The second-order valence-electron chi connectivity index (χ2n) is 4.32. The molecule has 0 bridgehead atoms. The molecule has 0 radical (unpaired) electrons. The Morgan fingerprint density at radius 1 is 1.26 bits per heavy atom. The van der Waals surface area contributed by atoms with E-state index in [0.29, 0.717) is 18.7 Å². The molecule has 0 saturated carbocycles. The lowest BCUT2D eigenvalue weighted by Gasteiger charge is -2.12. The van der Waals surface area contributed by atoms with Crippen LogP contribution in [0.25, 0.3) is 5.69 Å². The van der Waals surface area contributed by atoms with Gasteiger partial charge in [0.2, 0.25) is 0 Å². The summed E-state index contributed by atoms with van der Waals surface area (Å²) < 4.78 is 7.04. The van der Waals surface area contributed by atoms with Crippen molar-refractivity contribution in [3.8, 4) is 5.69 Å². The second kappa shape index (κ2) is 7.01. The Morgan fingerprint density at radius 3 is 2.79 bits per heavy atom. The van der Waals surface area contributed by atoms with E-state index in [2.05, 4.69) is 17.2 Å². The van der Waals surface area contributed by atoms with Crippen LogP contribution in [0.2, 0.25) is 0 Å². The molecule has 0 aliphatic rings. The van der Waals surface area contributed by atoms with Crippen molar-refractivity contribution >= 4 is 0 Å². The van der Waals surface area contributed by atoms with E-state index in [1.54, 1.807) is 10.9 Å². The smallest absolute Gasteiger partial charge is 0.0999 e. The number of ether oxygens (including phenoxy) is 1. The van der Waals surface area contributed by atoms with E-state index < -0.39 is 6.10 Å². The first kappa shape index (κ1) is 13.7. The molecule has 0 fully saturated rings. The van der Waals surface area contributed by atoms with Crippen molar-refractivity contribution in [1.82, 2.24) is 15.0 Å². The molecule has 1 aromatic heterocycles. The van der Waals surface area contributed by atoms with Crippen molar-refractivity contribution in [1.29, 1.82) is 0 Å². The third-order valence-corrected chi connectivity index (χ3v) is 2.80. The quantitative estimate of drug-likeness (QED) is 0.775. The summed E-state index contributed by atoms with van der Waals surface area (Å²) in [5.41, 5.74) is 1.58. The Labute approximate surface area is 112 Å². The average molecular weight is 261 g/mol. The standard InChI is InChI=1S/C14H19N3O2/c1-2-9-19-10-8-14(18)13-11-15-16-17(13)12-6-4-3-5-7-12/h3-7,11,14,18H,2,8-10H2,1H3. The molecule has 0 spiro atoms. The molecule has 0 aliphatic heterocycles. The molecule has 102 valence electrons. The number of benzene rings is 1. The largest absolute Gasteiger partial charge is 0.387 e. The maximum Gasteiger partial charge on any atom is 0.0999 e. The third kappa shape index (κ3) is 3.62. The number of aliphatic hydroxyl groups is 1. The maximum atomic E-state index is 10.2. The van der Waals surface area contributed by atoms with E-state index in [4.69, 9.17) is 4.74 Å². The summed E-state index contributed by atoms with van der Waals surface area (Å²) in [5.74, 6) is 0. The highest BCUT2D eigenvalue weighted by Crippen LogP contribution is 2.18. The monoisotopic (exact) mass is 261 g/mol. The van der Waals surface area contributed by atoms with Gasteiger partial charge in [-0.1, -0.05) is 30.3 Å². The highest BCUT2D eigenvalue weighted by Gasteiger charge is 2.15. The van der Waals surface area contributed by atoms with Crippen LogP contribution < -0.4 is 0 Å². The number of aliphatic hydroxyl groups excluding tert-OH is 1. The number of hydrogen-bond donors (Lipinski definition) is 1. The zero-order valence-corrected chi connectivity index (χ0v) is 11.1. The van der Waals surface area contributed by atoms with E-state index in [1.165, 1.54) is 0 Å². The van der Waals surface area contributed by atoms with Crippen LogP contribution in [-0.2, 0) is 4.74 Å². The van der Waals surface area contributed by atoms with E-state index in [0.717, 1.165) is 18.7 Å². The Morgan fingerprint density at radius 2 is 2.05 bits per heavy atom. The molecule has 0 amide bonds. The molecule has 1 unspecified atom stereocenters. The zero-order chi connectivity index (χ0) is 13.5. The van der Waals surface area contributed by atoms with Gasteiger partial charge in [0.15, 0.2) is 0 Å². The summed E-state index contributed by atoms with van der Waals surface area (Å²) >= 11 is 0. The average Bonchev–Trinajstić information content (AvgIpc) is 2.94. The van der Waals surface area contributed by atoms with Gasteiger partial charge in [0.05, 0.1) is 23.7 Å². The number of para-hydroxylation sites is 1. The fraction of sp³-hybridized carbons (Fsp3) is 0.429. The molecule has 5 nitrogen and oxygen atoms in total. The first-order chi connectivity index (χ1) is 9.33. The minimum Gasteiger partial charge on any atom is -0.387 e. The summed E-state index contributed by atoms with van der Waals surface area (Å²) in [6.45, 7) is 3.32. The van der Waals surface area contributed by atoms with E-state index >= 15 is 0 Å². The van der Waals surface area contributed by atoms with E-state index in [-0.39, 0.29) is 0 Å². The van der Waals surface area contributed by atoms with Crippen molar-refractivity contribution in [2.24, 2.45) is 0 Å². The molecule has 1 heterocycles. The van der Waals surface area contributed by atoms with Crippen LogP contribution in [-0.4, -0.2) is 33.3 Å². The van der Waals surface area contributed by atoms with Gasteiger partial charge in [0, 0.05) is 19.6 Å². The Hall–Kier alpha value is -1.72. The molecule has 1 N–H and O–H groups in total. The van der Waals surface area contributed by atoms with E-state index in [9.17, 15) is 5.11 Å². The van der Waals surface area contributed by atoms with Gasteiger partial charge < -0.3 is 9.84 Å². The highest BCUT2D eigenvalue weighted by molar-refractivity contribution is 5.31. The van der Waals surface area contributed by atoms with E-state index in [1.807, 2.05) is 30.3 Å². The molecule has 2 aromatic rings. The van der Waals surface area contributed by atoms with Crippen LogP contribution in [0.5, 0.6) is 0 Å². The minimum absolute atomic E-state index is 0.537. The lowest BCUT2D eigenvalue weighted by Crippen LogP contribution is -2.10. The van der Waals surface area contributed by atoms with Crippen molar-refractivity contribution in [3.63, 3.8) is 0 Å².